The van der Waals surface area contributed by atoms with Crippen LogP contribution < -0.4 is 0 Å². The second-order valence-electron chi connectivity index (χ2n) is 8.79. The van der Waals surface area contributed by atoms with Crippen molar-refractivity contribution in [2.24, 2.45) is 0 Å². The van der Waals surface area contributed by atoms with Gasteiger partial charge >= 0.3 is 0 Å². The lowest BCUT2D eigenvalue weighted by Crippen LogP contribution is -2.03. The van der Waals surface area contributed by atoms with Gasteiger partial charge in [0.05, 0.1) is 22.2 Å². The summed E-state index contributed by atoms with van der Waals surface area (Å²) < 4.78 is 3.39. The van der Waals surface area contributed by atoms with E-state index in [-0.39, 0.29) is 0 Å². The lowest BCUT2D eigenvalue weighted by Gasteiger charge is -2.12. The van der Waals surface area contributed by atoms with Crippen molar-refractivity contribution in [1.29, 1.82) is 0 Å². The first-order valence-electron chi connectivity index (χ1n) is 11.7. The number of hydrogen-bond donors (Lipinski definition) is 0. The van der Waals surface area contributed by atoms with Crippen LogP contribution in [0, 0.1) is 0 Å². The Morgan fingerprint density at radius 2 is 1.47 bits per heavy atom. The van der Waals surface area contributed by atoms with E-state index >= 15 is 0 Å². The van der Waals surface area contributed by atoms with Crippen LogP contribution in [0.15, 0.2) is 104 Å². The summed E-state index contributed by atoms with van der Waals surface area (Å²) >= 11 is 1.69. The number of benzene rings is 4. The molecule has 0 saturated carbocycles. The highest BCUT2D eigenvalue weighted by atomic mass is 32.1. The molecule has 36 heavy (non-hydrogen) atoms. The molecule has 0 radical (unpaired) electrons. The van der Waals surface area contributed by atoms with E-state index in [1.54, 1.807) is 17.7 Å². The van der Waals surface area contributed by atoms with Crippen LogP contribution >= 0.6 is 11.3 Å². The maximum atomic E-state index is 5.21. The van der Waals surface area contributed by atoms with Gasteiger partial charge in [-0.1, -0.05) is 72.8 Å². The molecule has 0 aliphatic rings. The number of para-hydroxylation sites is 2. The molecule has 0 atom stereocenters. The largest absolute Gasteiger partial charge is 0.277 e. The lowest BCUT2D eigenvalue weighted by atomic mass is 10.1. The van der Waals surface area contributed by atoms with Crippen molar-refractivity contribution in [3.05, 3.63) is 104 Å². The summed E-state index contributed by atoms with van der Waals surface area (Å²) in [6.45, 7) is 0. The molecule has 8 rings (SSSR count). The minimum absolute atomic E-state index is 0.655. The predicted octanol–water partition coefficient (Wildman–Crippen LogP) is 7.55. The Hall–Kier alpha value is -4.68. The fourth-order valence-electron chi connectivity index (χ4n) is 5.25. The molecule has 4 aromatic carbocycles. The fourth-order valence-corrected chi connectivity index (χ4v) is 6.27. The van der Waals surface area contributed by atoms with Crippen LogP contribution in [0.3, 0.4) is 0 Å². The molecule has 0 bridgehead atoms. The molecule has 0 amide bonds. The highest BCUT2D eigenvalue weighted by molar-refractivity contribution is 7.25. The monoisotopic (exact) mass is 479 g/mol. The van der Waals surface area contributed by atoms with Crippen LogP contribution in [0.1, 0.15) is 0 Å². The van der Waals surface area contributed by atoms with Crippen LogP contribution in [0.4, 0.5) is 0 Å². The van der Waals surface area contributed by atoms with Gasteiger partial charge in [0.2, 0.25) is 5.95 Å². The molecule has 4 aromatic heterocycles. The molecule has 0 unspecified atom stereocenters. The normalized spacial score (nSPS) is 11.9. The van der Waals surface area contributed by atoms with Crippen molar-refractivity contribution in [3.63, 3.8) is 0 Å². The first kappa shape index (κ1) is 19.6. The Balaban J connectivity index is 1.59. The van der Waals surface area contributed by atoms with Gasteiger partial charge < -0.3 is 0 Å². The van der Waals surface area contributed by atoms with E-state index in [0.717, 1.165) is 48.8 Å². The number of rotatable bonds is 2. The number of hydrogen-bond acceptors (Lipinski definition) is 5. The van der Waals surface area contributed by atoms with Gasteiger partial charge in [0, 0.05) is 43.4 Å². The first-order valence-corrected chi connectivity index (χ1v) is 12.6. The first-order chi connectivity index (χ1) is 17.9. The average Bonchev–Trinajstić information content (AvgIpc) is 3.48. The van der Waals surface area contributed by atoms with Crippen LogP contribution in [0.5, 0.6) is 0 Å². The fraction of sp³-hybridized carbons (Fsp3) is 0. The number of fused-ring (bicyclic) bond motifs is 8. The van der Waals surface area contributed by atoms with E-state index in [4.69, 9.17) is 9.97 Å². The molecule has 0 N–H and O–H groups in total. The van der Waals surface area contributed by atoms with Gasteiger partial charge in [-0.25, -0.2) is 19.9 Å². The molecular weight excluding hydrogens is 462 g/mol. The molecular formula is C30H17N5S. The molecule has 4 heterocycles. The molecule has 0 spiro atoms. The van der Waals surface area contributed by atoms with Crippen molar-refractivity contribution >= 4 is 64.3 Å². The number of nitrogens with zero attached hydrogens (tertiary/aromatic N) is 5. The molecule has 0 saturated heterocycles. The minimum Gasteiger partial charge on any atom is -0.277 e. The zero-order chi connectivity index (χ0) is 23.6. The van der Waals surface area contributed by atoms with E-state index < -0.39 is 0 Å². The Morgan fingerprint density at radius 3 is 2.39 bits per heavy atom. The quantitative estimate of drug-likeness (QED) is 0.257. The third-order valence-corrected chi connectivity index (χ3v) is 7.87. The topological polar surface area (TPSA) is 56.5 Å². The summed E-state index contributed by atoms with van der Waals surface area (Å²) in [7, 11) is 0. The standard InChI is InChI=1S/C30H17N5S/c1-2-8-18(9-3-1)27-21-11-4-6-12-23(21)33-30(34-27)35-24-13-7-5-10-19(24)20-14-15-25-26(28(20)35)22-16-31-17-32-29(22)36-25/h1-17H. The summed E-state index contributed by atoms with van der Waals surface area (Å²) in [6.07, 6.45) is 3.53. The van der Waals surface area contributed by atoms with Crippen LogP contribution in [-0.2, 0) is 0 Å². The van der Waals surface area contributed by atoms with E-state index in [1.807, 2.05) is 36.5 Å². The van der Waals surface area contributed by atoms with Crippen molar-refractivity contribution in [2.45, 2.75) is 0 Å². The van der Waals surface area contributed by atoms with E-state index in [9.17, 15) is 0 Å². The molecule has 0 fully saturated rings. The molecule has 168 valence electrons. The second-order valence-corrected chi connectivity index (χ2v) is 9.82. The van der Waals surface area contributed by atoms with E-state index in [1.165, 1.54) is 15.5 Å². The van der Waals surface area contributed by atoms with Gasteiger partial charge in [0.25, 0.3) is 0 Å². The number of thiophene rings is 1. The van der Waals surface area contributed by atoms with Gasteiger partial charge in [0.1, 0.15) is 11.2 Å². The maximum absolute atomic E-state index is 5.21. The third-order valence-electron chi connectivity index (χ3n) is 6.79. The van der Waals surface area contributed by atoms with Gasteiger partial charge in [0.15, 0.2) is 0 Å². The SMILES string of the molecule is c1ccc(-c2nc(-n3c4ccccc4c4ccc5sc6ncncc6c5c43)nc3ccccc23)cc1. The summed E-state index contributed by atoms with van der Waals surface area (Å²) in [5.74, 6) is 0.655. The van der Waals surface area contributed by atoms with Gasteiger partial charge in [-0.3, -0.25) is 4.57 Å². The average molecular weight is 480 g/mol. The molecule has 0 aliphatic carbocycles. The van der Waals surface area contributed by atoms with Gasteiger partial charge in [-0.05, 0) is 18.2 Å². The third kappa shape index (κ3) is 2.70. The minimum atomic E-state index is 0.655. The zero-order valence-electron chi connectivity index (χ0n) is 19.0. The van der Waals surface area contributed by atoms with Crippen molar-refractivity contribution in [1.82, 2.24) is 24.5 Å². The van der Waals surface area contributed by atoms with Crippen molar-refractivity contribution < 1.29 is 0 Å². The Bertz CT molecular complexity index is 2110. The predicted molar refractivity (Wildman–Crippen MR) is 148 cm³/mol. The Labute approximate surface area is 209 Å². The maximum Gasteiger partial charge on any atom is 0.235 e. The van der Waals surface area contributed by atoms with Gasteiger partial charge in [-0.2, -0.15) is 0 Å². The molecule has 8 aromatic rings. The molecule has 0 aliphatic heterocycles. The summed E-state index contributed by atoms with van der Waals surface area (Å²) in [6, 6.07) is 31.4. The van der Waals surface area contributed by atoms with Crippen molar-refractivity contribution in [3.8, 4) is 17.2 Å². The number of aromatic nitrogens is 5. The molecule has 6 heteroatoms. The van der Waals surface area contributed by atoms with E-state index in [2.05, 4.69) is 75.2 Å². The van der Waals surface area contributed by atoms with Gasteiger partial charge in [-0.15, -0.1) is 11.3 Å². The summed E-state index contributed by atoms with van der Waals surface area (Å²) in [5, 5.41) is 5.56. The van der Waals surface area contributed by atoms with Crippen LogP contribution in [0.25, 0.3) is 70.2 Å². The smallest absolute Gasteiger partial charge is 0.235 e. The van der Waals surface area contributed by atoms with Crippen molar-refractivity contribution in [2.75, 3.05) is 0 Å². The Morgan fingerprint density at radius 1 is 0.667 bits per heavy atom. The zero-order valence-corrected chi connectivity index (χ0v) is 19.8. The molecule has 5 nitrogen and oxygen atoms in total. The lowest BCUT2D eigenvalue weighted by molar-refractivity contribution is 1.02. The second kappa shape index (κ2) is 7.41. The summed E-state index contributed by atoms with van der Waals surface area (Å²) in [4.78, 5) is 20.2. The van der Waals surface area contributed by atoms with Crippen LogP contribution in [-0.4, -0.2) is 24.5 Å². The summed E-state index contributed by atoms with van der Waals surface area (Å²) in [5.41, 5.74) is 5.07. The Kier molecular flexibility index (Phi) is 4.03. The van der Waals surface area contributed by atoms with E-state index in [0.29, 0.717) is 5.95 Å². The highest BCUT2D eigenvalue weighted by Gasteiger charge is 2.21. The van der Waals surface area contributed by atoms with Crippen LogP contribution in [0.2, 0.25) is 0 Å². The highest BCUT2D eigenvalue weighted by Crippen LogP contribution is 2.42.